The number of aliphatic imine (C=N–C) groups is 1. The minimum absolute atomic E-state index is 0.0585. The monoisotopic (exact) mass is 361 g/mol. The minimum Gasteiger partial charge on any atom is -0.507 e. The fourth-order valence-electron chi connectivity index (χ4n) is 3.55. The van der Waals surface area contributed by atoms with Gasteiger partial charge in [-0.1, -0.05) is 61.5 Å². The molecule has 0 bridgehead atoms. The van der Waals surface area contributed by atoms with Gasteiger partial charge < -0.3 is 14.9 Å². The van der Waals surface area contributed by atoms with Crippen molar-refractivity contribution in [2.45, 2.75) is 90.7 Å². The first-order valence-corrected chi connectivity index (χ1v) is 9.65. The molecule has 0 aliphatic carbocycles. The highest BCUT2D eigenvalue weighted by Gasteiger charge is 2.44. The first-order valence-electron chi connectivity index (χ1n) is 9.65. The Morgan fingerprint density at radius 1 is 1.04 bits per heavy atom. The molecule has 4 nitrogen and oxygen atoms in total. The Bertz CT molecular complexity index is 689. The van der Waals surface area contributed by atoms with Crippen molar-refractivity contribution in [2.24, 2.45) is 4.99 Å². The van der Waals surface area contributed by atoms with Crippen LogP contribution in [0, 0.1) is 0 Å². The lowest BCUT2D eigenvalue weighted by atomic mass is 9.79. The highest BCUT2D eigenvalue weighted by Crippen LogP contribution is 2.41. The Labute approximate surface area is 158 Å². The predicted octanol–water partition coefficient (Wildman–Crippen LogP) is 4.68. The normalized spacial score (nSPS) is 20.0. The van der Waals surface area contributed by atoms with Crippen LogP contribution in [0.5, 0.6) is 5.75 Å². The third-order valence-corrected chi connectivity index (χ3v) is 5.56. The highest BCUT2D eigenvalue weighted by atomic mass is 16.5. The maximum atomic E-state index is 11.0. The summed E-state index contributed by atoms with van der Waals surface area (Å²) < 4.78 is 6.28. The van der Waals surface area contributed by atoms with Gasteiger partial charge in [-0.2, -0.15) is 0 Å². The highest BCUT2D eigenvalue weighted by molar-refractivity contribution is 5.99. The standard InChI is InChI=1S/C22H35NO3/c1-9-22(10-2)17(13-24)23-19(26-22)15-11-14(20(3,4)5)12-16(18(15)25)21(6,7)8/h11-12,17,24-25H,9-10,13H2,1-8H3/t17-/m1/s1. The Balaban J connectivity index is 2.66. The molecule has 0 saturated heterocycles. The van der Waals surface area contributed by atoms with E-state index in [0.717, 1.165) is 24.0 Å². The minimum atomic E-state index is -0.504. The summed E-state index contributed by atoms with van der Waals surface area (Å²) >= 11 is 0. The van der Waals surface area contributed by atoms with E-state index in [-0.39, 0.29) is 29.2 Å². The van der Waals surface area contributed by atoms with E-state index in [1.807, 2.05) is 6.07 Å². The van der Waals surface area contributed by atoms with E-state index in [0.29, 0.717) is 11.5 Å². The number of rotatable bonds is 4. The maximum Gasteiger partial charge on any atom is 0.221 e. The van der Waals surface area contributed by atoms with E-state index >= 15 is 0 Å². The third kappa shape index (κ3) is 3.62. The van der Waals surface area contributed by atoms with Gasteiger partial charge in [-0.05, 0) is 35.3 Å². The fraction of sp³-hybridized carbons (Fsp3) is 0.682. The number of aliphatic hydroxyl groups is 1. The van der Waals surface area contributed by atoms with Crippen molar-refractivity contribution in [2.75, 3.05) is 6.61 Å². The van der Waals surface area contributed by atoms with E-state index in [1.54, 1.807) is 0 Å². The Morgan fingerprint density at radius 3 is 2.00 bits per heavy atom. The molecular formula is C22H35NO3. The van der Waals surface area contributed by atoms with Gasteiger partial charge in [-0.25, -0.2) is 4.99 Å². The van der Waals surface area contributed by atoms with Crippen molar-refractivity contribution in [1.29, 1.82) is 0 Å². The summed E-state index contributed by atoms with van der Waals surface area (Å²) in [5, 5.41) is 20.8. The molecule has 26 heavy (non-hydrogen) atoms. The van der Waals surface area contributed by atoms with Gasteiger partial charge in [0.1, 0.15) is 17.4 Å². The number of hydrogen-bond donors (Lipinski definition) is 2. The largest absolute Gasteiger partial charge is 0.507 e. The second-order valence-corrected chi connectivity index (χ2v) is 9.43. The molecule has 1 aliphatic heterocycles. The molecule has 4 heteroatoms. The third-order valence-electron chi connectivity index (χ3n) is 5.56. The number of ether oxygens (including phenoxy) is 1. The maximum absolute atomic E-state index is 11.0. The summed E-state index contributed by atoms with van der Waals surface area (Å²) in [4.78, 5) is 4.66. The van der Waals surface area contributed by atoms with Gasteiger partial charge in [-0.15, -0.1) is 0 Å². The molecule has 0 amide bonds. The molecule has 0 unspecified atom stereocenters. The van der Waals surface area contributed by atoms with E-state index in [9.17, 15) is 10.2 Å². The summed E-state index contributed by atoms with van der Waals surface area (Å²) in [6, 6.07) is 3.77. The quantitative estimate of drug-likeness (QED) is 0.818. The van der Waals surface area contributed by atoms with E-state index in [2.05, 4.69) is 66.4 Å². The van der Waals surface area contributed by atoms with Crippen LogP contribution in [0.3, 0.4) is 0 Å². The van der Waals surface area contributed by atoms with E-state index in [4.69, 9.17) is 4.74 Å². The zero-order valence-electron chi connectivity index (χ0n) is 17.6. The molecule has 0 saturated carbocycles. The van der Waals surface area contributed by atoms with E-state index in [1.165, 1.54) is 0 Å². The molecule has 2 N–H and O–H groups in total. The van der Waals surface area contributed by atoms with Crippen molar-refractivity contribution >= 4 is 5.90 Å². The Morgan fingerprint density at radius 2 is 1.62 bits per heavy atom. The van der Waals surface area contributed by atoms with E-state index < -0.39 is 5.60 Å². The molecule has 0 aromatic heterocycles. The first-order chi connectivity index (χ1) is 11.9. The molecule has 1 aliphatic rings. The number of benzene rings is 1. The van der Waals surface area contributed by atoms with Crippen LogP contribution in [-0.2, 0) is 15.6 Å². The van der Waals surface area contributed by atoms with Crippen LogP contribution >= 0.6 is 0 Å². The topological polar surface area (TPSA) is 62.0 Å². The molecule has 0 spiro atoms. The smallest absolute Gasteiger partial charge is 0.221 e. The first kappa shape index (κ1) is 20.8. The van der Waals surface area contributed by atoms with Crippen LogP contribution in [0.25, 0.3) is 0 Å². The average Bonchev–Trinajstić information content (AvgIpc) is 2.92. The Hall–Kier alpha value is -1.55. The number of nitrogens with zero attached hydrogens (tertiary/aromatic N) is 1. The second-order valence-electron chi connectivity index (χ2n) is 9.43. The van der Waals surface area contributed by atoms with Crippen LogP contribution in [0.4, 0.5) is 0 Å². The molecule has 0 fully saturated rings. The molecule has 2 rings (SSSR count). The van der Waals surface area contributed by atoms with Crippen molar-refractivity contribution < 1.29 is 14.9 Å². The number of phenols is 1. The van der Waals surface area contributed by atoms with Crippen molar-refractivity contribution in [3.05, 3.63) is 28.8 Å². The van der Waals surface area contributed by atoms with Crippen LogP contribution in [0.2, 0.25) is 0 Å². The lowest BCUT2D eigenvalue weighted by molar-refractivity contribution is 0.0290. The lowest BCUT2D eigenvalue weighted by Crippen LogP contribution is -2.41. The summed E-state index contributed by atoms with van der Waals surface area (Å²) in [5.74, 6) is 0.672. The molecule has 0 radical (unpaired) electrons. The molecule has 1 atom stereocenters. The lowest BCUT2D eigenvalue weighted by Gasteiger charge is -2.31. The van der Waals surface area contributed by atoms with Gasteiger partial charge in [0.25, 0.3) is 0 Å². The SMILES string of the molecule is CCC1(CC)OC(c2cc(C(C)(C)C)cc(C(C)(C)C)c2O)=N[C@@H]1CO. The van der Waals surface area contributed by atoms with Crippen molar-refractivity contribution in [3.63, 3.8) is 0 Å². The summed E-state index contributed by atoms with van der Waals surface area (Å²) in [6.07, 6.45) is 1.52. The van der Waals surface area contributed by atoms with Crippen LogP contribution in [-0.4, -0.2) is 34.4 Å². The zero-order chi connectivity index (χ0) is 19.9. The molecule has 146 valence electrons. The summed E-state index contributed by atoms with van der Waals surface area (Å²) in [7, 11) is 0. The van der Waals surface area contributed by atoms with Crippen LogP contribution in [0.15, 0.2) is 17.1 Å². The number of hydrogen-bond acceptors (Lipinski definition) is 4. The zero-order valence-corrected chi connectivity index (χ0v) is 17.6. The van der Waals surface area contributed by atoms with Gasteiger partial charge >= 0.3 is 0 Å². The average molecular weight is 362 g/mol. The van der Waals surface area contributed by atoms with Crippen LogP contribution < -0.4 is 0 Å². The summed E-state index contributed by atoms with van der Waals surface area (Å²) in [6.45, 7) is 16.8. The van der Waals surface area contributed by atoms with Gasteiger partial charge in [0.05, 0.1) is 12.2 Å². The number of phenolic OH excluding ortho intramolecular Hbond substituents is 1. The summed E-state index contributed by atoms with van der Waals surface area (Å²) in [5.41, 5.74) is 1.87. The molecule has 1 heterocycles. The molecular weight excluding hydrogens is 326 g/mol. The molecule has 1 aromatic rings. The van der Waals surface area contributed by atoms with Gasteiger partial charge in [0.15, 0.2) is 0 Å². The van der Waals surface area contributed by atoms with Crippen molar-refractivity contribution in [3.8, 4) is 5.75 Å². The van der Waals surface area contributed by atoms with Gasteiger partial charge in [-0.3, -0.25) is 0 Å². The Kier molecular flexibility index (Phi) is 5.49. The van der Waals surface area contributed by atoms with Gasteiger partial charge in [0.2, 0.25) is 5.90 Å². The van der Waals surface area contributed by atoms with Gasteiger partial charge in [0, 0.05) is 5.56 Å². The molecule has 1 aromatic carbocycles. The van der Waals surface area contributed by atoms with Crippen LogP contribution in [0.1, 0.15) is 84.9 Å². The number of aromatic hydroxyl groups is 1. The second kappa shape index (κ2) is 6.88. The van der Waals surface area contributed by atoms with Crippen molar-refractivity contribution in [1.82, 2.24) is 0 Å². The fourth-order valence-corrected chi connectivity index (χ4v) is 3.55. The number of aliphatic hydroxyl groups excluding tert-OH is 1. The predicted molar refractivity (Wildman–Crippen MR) is 107 cm³/mol.